The number of benzene rings is 1. The standard InChI is InChI=1S/C20H15ClN2OS/c21-14-5-3-4-13(10-14)18-9-8-15(24-18)12-23-20-17(11-22)16-6-1-2-7-19(16)25-20/h3-5,8-10,12H,1-2,6-7H2/b23-12+. The zero-order chi connectivity index (χ0) is 17.2. The van der Waals surface area contributed by atoms with Crippen LogP contribution in [0.25, 0.3) is 11.3 Å². The van der Waals surface area contributed by atoms with Gasteiger partial charge in [0.1, 0.15) is 22.6 Å². The summed E-state index contributed by atoms with van der Waals surface area (Å²) >= 11 is 7.66. The first-order chi connectivity index (χ1) is 12.2. The topological polar surface area (TPSA) is 49.3 Å². The first-order valence-corrected chi connectivity index (χ1v) is 9.38. The molecule has 0 amide bonds. The van der Waals surface area contributed by atoms with Gasteiger partial charge in [-0.1, -0.05) is 23.7 Å². The smallest absolute Gasteiger partial charge is 0.145 e. The molecule has 2 heterocycles. The molecule has 0 radical (unpaired) electrons. The molecule has 4 rings (SSSR count). The molecule has 0 N–H and O–H groups in total. The molecule has 5 heteroatoms. The van der Waals surface area contributed by atoms with E-state index in [1.54, 1.807) is 17.6 Å². The van der Waals surface area contributed by atoms with E-state index in [1.807, 2.05) is 36.4 Å². The van der Waals surface area contributed by atoms with Crippen molar-refractivity contribution in [3.05, 3.63) is 63.2 Å². The van der Waals surface area contributed by atoms with Crippen LogP contribution in [0, 0.1) is 11.3 Å². The summed E-state index contributed by atoms with van der Waals surface area (Å²) in [5.41, 5.74) is 2.86. The third-order valence-corrected chi connectivity index (χ3v) is 5.74. The van der Waals surface area contributed by atoms with Crippen molar-refractivity contribution in [2.75, 3.05) is 0 Å². The van der Waals surface area contributed by atoms with Crippen molar-refractivity contribution in [1.29, 1.82) is 5.26 Å². The van der Waals surface area contributed by atoms with E-state index in [-0.39, 0.29) is 0 Å². The predicted molar refractivity (Wildman–Crippen MR) is 102 cm³/mol. The van der Waals surface area contributed by atoms with Crippen molar-refractivity contribution in [3.63, 3.8) is 0 Å². The zero-order valence-electron chi connectivity index (χ0n) is 13.5. The van der Waals surface area contributed by atoms with Gasteiger partial charge < -0.3 is 4.42 Å². The van der Waals surface area contributed by atoms with Crippen molar-refractivity contribution in [3.8, 4) is 17.4 Å². The van der Waals surface area contributed by atoms with Crippen LogP contribution in [-0.4, -0.2) is 6.21 Å². The molecular weight excluding hydrogens is 352 g/mol. The quantitative estimate of drug-likeness (QED) is 0.521. The van der Waals surface area contributed by atoms with Crippen LogP contribution in [0.4, 0.5) is 5.00 Å². The first kappa shape index (κ1) is 16.1. The number of fused-ring (bicyclic) bond motifs is 1. The molecule has 1 aliphatic carbocycles. The Balaban J connectivity index is 1.61. The number of aryl methyl sites for hydroxylation is 1. The highest BCUT2D eigenvalue weighted by atomic mass is 35.5. The van der Waals surface area contributed by atoms with Crippen LogP contribution in [0.1, 0.15) is 34.6 Å². The van der Waals surface area contributed by atoms with E-state index in [1.165, 1.54) is 16.9 Å². The lowest BCUT2D eigenvalue weighted by atomic mass is 9.96. The number of thiophene rings is 1. The summed E-state index contributed by atoms with van der Waals surface area (Å²) in [7, 11) is 0. The number of furan rings is 1. The average Bonchev–Trinajstić information content (AvgIpc) is 3.24. The van der Waals surface area contributed by atoms with Gasteiger partial charge in [0.2, 0.25) is 0 Å². The molecule has 0 atom stereocenters. The van der Waals surface area contributed by atoms with Crippen LogP contribution in [0.5, 0.6) is 0 Å². The number of nitrogens with zero attached hydrogens (tertiary/aromatic N) is 2. The number of aliphatic imine (C=N–C) groups is 1. The Morgan fingerprint density at radius 2 is 2.08 bits per heavy atom. The van der Waals surface area contributed by atoms with E-state index in [2.05, 4.69) is 11.1 Å². The van der Waals surface area contributed by atoms with Crippen molar-refractivity contribution in [2.24, 2.45) is 4.99 Å². The third kappa shape index (κ3) is 3.26. The highest BCUT2D eigenvalue weighted by Crippen LogP contribution is 2.39. The largest absolute Gasteiger partial charge is 0.455 e. The van der Waals surface area contributed by atoms with Crippen molar-refractivity contribution >= 4 is 34.2 Å². The Bertz CT molecular complexity index is 994. The van der Waals surface area contributed by atoms with E-state index in [9.17, 15) is 5.26 Å². The van der Waals surface area contributed by atoms with E-state index < -0.39 is 0 Å². The summed E-state index contributed by atoms with van der Waals surface area (Å²) in [6.45, 7) is 0. The molecule has 2 aromatic heterocycles. The van der Waals surface area contributed by atoms with Gasteiger partial charge in [-0.05, 0) is 55.5 Å². The number of nitriles is 1. The van der Waals surface area contributed by atoms with Crippen LogP contribution < -0.4 is 0 Å². The Morgan fingerprint density at radius 3 is 2.92 bits per heavy atom. The van der Waals surface area contributed by atoms with Gasteiger partial charge in [0, 0.05) is 15.5 Å². The normalized spacial score (nSPS) is 13.8. The van der Waals surface area contributed by atoms with Gasteiger partial charge in [-0.3, -0.25) is 0 Å². The third-order valence-electron chi connectivity index (χ3n) is 4.31. The van der Waals surface area contributed by atoms with Gasteiger partial charge in [0.25, 0.3) is 0 Å². The molecule has 25 heavy (non-hydrogen) atoms. The number of halogens is 1. The van der Waals surface area contributed by atoms with Crippen LogP contribution >= 0.6 is 22.9 Å². The maximum atomic E-state index is 9.49. The van der Waals surface area contributed by atoms with Gasteiger partial charge in [-0.2, -0.15) is 5.26 Å². The summed E-state index contributed by atoms with van der Waals surface area (Å²) < 4.78 is 5.84. The van der Waals surface area contributed by atoms with Crippen molar-refractivity contribution < 1.29 is 4.42 Å². The van der Waals surface area contributed by atoms with Crippen LogP contribution in [0.3, 0.4) is 0 Å². The highest BCUT2D eigenvalue weighted by molar-refractivity contribution is 7.16. The van der Waals surface area contributed by atoms with E-state index >= 15 is 0 Å². The average molecular weight is 367 g/mol. The molecule has 124 valence electrons. The Kier molecular flexibility index (Phi) is 4.44. The highest BCUT2D eigenvalue weighted by Gasteiger charge is 2.20. The minimum absolute atomic E-state index is 0.658. The summed E-state index contributed by atoms with van der Waals surface area (Å²) in [5, 5.41) is 10.9. The molecule has 0 fully saturated rings. The molecule has 0 bridgehead atoms. The maximum Gasteiger partial charge on any atom is 0.145 e. The van der Waals surface area contributed by atoms with Gasteiger partial charge >= 0.3 is 0 Å². The predicted octanol–water partition coefficient (Wildman–Crippen LogP) is 6.16. The Morgan fingerprint density at radius 1 is 1.20 bits per heavy atom. The van der Waals surface area contributed by atoms with Crippen LogP contribution in [0.15, 0.2) is 45.8 Å². The second kappa shape index (κ2) is 6.87. The van der Waals surface area contributed by atoms with Gasteiger partial charge in [-0.15, -0.1) is 11.3 Å². The molecule has 0 saturated carbocycles. The summed E-state index contributed by atoms with van der Waals surface area (Å²) in [6, 6.07) is 13.6. The maximum absolute atomic E-state index is 9.49. The lowest BCUT2D eigenvalue weighted by molar-refractivity contribution is 0.575. The van der Waals surface area contributed by atoms with E-state index in [4.69, 9.17) is 16.0 Å². The van der Waals surface area contributed by atoms with E-state index in [0.717, 1.165) is 41.2 Å². The van der Waals surface area contributed by atoms with Gasteiger partial charge in [-0.25, -0.2) is 4.99 Å². The lowest BCUT2D eigenvalue weighted by Crippen LogP contribution is -1.99. The summed E-state index contributed by atoms with van der Waals surface area (Å²) in [4.78, 5) is 5.84. The minimum Gasteiger partial charge on any atom is -0.455 e. The minimum atomic E-state index is 0.658. The first-order valence-electron chi connectivity index (χ1n) is 8.19. The van der Waals surface area contributed by atoms with Gasteiger partial charge in [0.05, 0.1) is 11.8 Å². The fourth-order valence-electron chi connectivity index (χ4n) is 3.10. The number of hydrogen-bond acceptors (Lipinski definition) is 4. The molecule has 3 nitrogen and oxygen atoms in total. The Labute approximate surface area is 155 Å². The fourth-order valence-corrected chi connectivity index (χ4v) is 4.47. The summed E-state index contributed by atoms with van der Waals surface area (Å²) in [5.74, 6) is 1.40. The monoisotopic (exact) mass is 366 g/mol. The van der Waals surface area contributed by atoms with Crippen LogP contribution in [-0.2, 0) is 12.8 Å². The number of hydrogen-bond donors (Lipinski definition) is 0. The fraction of sp³-hybridized carbons (Fsp3) is 0.200. The van der Waals surface area contributed by atoms with Crippen molar-refractivity contribution in [2.45, 2.75) is 25.7 Å². The van der Waals surface area contributed by atoms with Crippen molar-refractivity contribution in [1.82, 2.24) is 0 Å². The molecule has 0 saturated heterocycles. The summed E-state index contributed by atoms with van der Waals surface area (Å²) in [6.07, 6.45) is 6.09. The molecule has 1 aliphatic rings. The zero-order valence-corrected chi connectivity index (χ0v) is 15.0. The lowest BCUT2D eigenvalue weighted by Gasteiger charge is -2.09. The SMILES string of the molecule is N#Cc1c(/N=C/c2ccc(-c3cccc(Cl)c3)o2)sc2c1CCCC2. The molecule has 3 aromatic rings. The molecule has 0 unspecified atom stereocenters. The Hall–Kier alpha value is -2.35. The molecule has 1 aromatic carbocycles. The molecule has 0 aliphatic heterocycles. The second-order valence-electron chi connectivity index (χ2n) is 5.97. The molecule has 0 spiro atoms. The molecular formula is C20H15ClN2OS. The second-order valence-corrected chi connectivity index (χ2v) is 7.49. The van der Waals surface area contributed by atoms with Gasteiger partial charge in [0.15, 0.2) is 0 Å². The van der Waals surface area contributed by atoms with Crippen LogP contribution in [0.2, 0.25) is 5.02 Å². The van der Waals surface area contributed by atoms with E-state index in [0.29, 0.717) is 10.8 Å². The number of rotatable bonds is 3.